The van der Waals surface area contributed by atoms with Crippen molar-refractivity contribution in [1.82, 2.24) is 10.2 Å². The third-order valence-corrected chi connectivity index (χ3v) is 6.02. The molecule has 1 fully saturated rings. The van der Waals surface area contributed by atoms with Crippen LogP contribution in [0.2, 0.25) is 0 Å². The summed E-state index contributed by atoms with van der Waals surface area (Å²) >= 11 is 0. The van der Waals surface area contributed by atoms with Crippen molar-refractivity contribution in [3.05, 3.63) is 54.3 Å². The van der Waals surface area contributed by atoms with E-state index in [0.29, 0.717) is 18.9 Å². The number of hydrogen-bond donors (Lipinski definition) is 1. The van der Waals surface area contributed by atoms with Crippen molar-refractivity contribution in [2.45, 2.75) is 4.90 Å². The molecule has 1 N–H and O–H groups in total. The van der Waals surface area contributed by atoms with E-state index in [2.05, 4.69) is 20.1 Å². The summed E-state index contributed by atoms with van der Waals surface area (Å²) < 4.78 is 41.8. The lowest BCUT2D eigenvalue weighted by Crippen LogP contribution is -2.53. The average Bonchev–Trinajstić information content (AvgIpc) is 2.74. The van der Waals surface area contributed by atoms with Crippen molar-refractivity contribution in [3.8, 4) is 5.75 Å². The van der Waals surface area contributed by atoms with Crippen molar-refractivity contribution < 1.29 is 17.5 Å². The molecule has 0 spiro atoms. The number of sulfone groups is 1. The second-order valence-electron chi connectivity index (χ2n) is 7.02. The first-order chi connectivity index (χ1) is 14.4. The first-order valence-electron chi connectivity index (χ1n) is 9.76. The fourth-order valence-corrected chi connectivity index (χ4v) is 3.91. The highest BCUT2D eigenvalue weighted by molar-refractivity contribution is 14.0. The lowest BCUT2D eigenvalue weighted by atomic mass is 10.2. The lowest BCUT2D eigenvalue weighted by Gasteiger charge is -2.37. The number of benzene rings is 2. The van der Waals surface area contributed by atoms with Gasteiger partial charge < -0.3 is 19.9 Å². The Morgan fingerprint density at radius 3 is 2.23 bits per heavy atom. The van der Waals surface area contributed by atoms with E-state index in [0.717, 1.165) is 37.8 Å². The Morgan fingerprint density at radius 1 is 1.06 bits per heavy atom. The first-order valence-corrected chi connectivity index (χ1v) is 11.6. The number of guanidine groups is 1. The van der Waals surface area contributed by atoms with Crippen molar-refractivity contribution in [3.63, 3.8) is 0 Å². The predicted octanol–water partition coefficient (Wildman–Crippen LogP) is 2.62. The van der Waals surface area contributed by atoms with E-state index >= 15 is 0 Å². The zero-order valence-corrected chi connectivity index (χ0v) is 20.8. The van der Waals surface area contributed by atoms with E-state index in [1.807, 2.05) is 0 Å². The number of hydrogen-bond acceptors (Lipinski definition) is 5. The summed E-state index contributed by atoms with van der Waals surface area (Å²) in [7, 11) is -1.46. The van der Waals surface area contributed by atoms with E-state index < -0.39 is 9.84 Å². The highest BCUT2D eigenvalue weighted by Gasteiger charge is 2.19. The first kappa shape index (κ1) is 25.2. The molecule has 0 unspecified atom stereocenters. The molecule has 10 heteroatoms. The minimum atomic E-state index is -3.20. The van der Waals surface area contributed by atoms with Gasteiger partial charge >= 0.3 is 0 Å². The van der Waals surface area contributed by atoms with Crippen LogP contribution < -0.4 is 15.0 Å². The van der Waals surface area contributed by atoms with Crippen LogP contribution in [0.1, 0.15) is 0 Å². The minimum absolute atomic E-state index is 0. The largest absolute Gasteiger partial charge is 0.492 e. The van der Waals surface area contributed by atoms with E-state index in [1.54, 1.807) is 31.3 Å². The van der Waals surface area contributed by atoms with Gasteiger partial charge in [-0.15, -0.1) is 24.0 Å². The molecule has 1 saturated heterocycles. The van der Waals surface area contributed by atoms with Gasteiger partial charge in [0, 0.05) is 45.2 Å². The number of anilines is 1. The molecule has 2 aromatic rings. The number of aliphatic imine (C=N–C) groups is 1. The van der Waals surface area contributed by atoms with Crippen molar-refractivity contribution in [2.24, 2.45) is 4.99 Å². The van der Waals surface area contributed by atoms with Gasteiger partial charge in [0.2, 0.25) is 0 Å². The Labute approximate surface area is 200 Å². The summed E-state index contributed by atoms with van der Waals surface area (Å²) in [4.78, 5) is 9.03. The van der Waals surface area contributed by atoms with Crippen LogP contribution in [0.25, 0.3) is 0 Å². The highest BCUT2D eigenvalue weighted by Crippen LogP contribution is 2.17. The molecule has 1 aliphatic heterocycles. The molecule has 0 bridgehead atoms. The van der Waals surface area contributed by atoms with E-state index in [9.17, 15) is 12.8 Å². The molecular formula is C21H28FIN4O3S. The number of halogens is 2. The number of piperazine rings is 1. The summed E-state index contributed by atoms with van der Waals surface area (Å²) in [6.45, 7) is 4.27. The maximum atomic E-state index is 13.1. The zero-order chi connectivity index (χ0) is 21.6. The van der Waals surface area contributed by atoms with E-state index in [1.165, 1.54) is 30.5 Å². The minimum Gasteiger partial charge on any atom is -0.492 e. The summed E-state index contributed by atoms with van der Waals surface area (Å²) in [6.07, 6.45) is 1.18. The van der Waals surface area contributed by atoms with Gasteiger partial charge in [-0.05, 0) is 48.5 Å². The number of nitrogens with zero attached hydrogens (tertiary/aromatic N) is 3. The van der Waals surface area contributed by atoms with Gasteiger partial charge in [-0.2, -0.15) is 0 Å². The van der Waals surface area contributed by atoms with Gasteiger partial charge in [-0.3, -0.25) is 4.99 Å². The summed E-state index contributed by atoms with van der Waals surface area (Å²) in [5, 5.41) is 3.29. The molecule has 0 amide bonds. The summed E-state index contributed by atoms with van der Waals surface area (Å²) in [6, 6.07) is 13.0. The molecule has 31 heavy (non-hydrogen) atoms. The predicted molar refractivity (Wildman–Crippen MR) is 132 cm³/mol. The Kier molecular flexibility index (Phi) is 9.35. The maximum Gasteiger partial charge on any atom is 0.193 e. The fourth-order valence-electron chi connectivity index (χ4n) is 3.28. The summed E-state index contributed by atoms with van der Waals surface area (Å²) in [5.74, 6) is 1.20. The third-order valence-electron chi connectivity index (χ3n) is 4.89. The molecule has 0 radical (unpaired) electrons. The Hall–Kier alpha value is -2.08. The van der Waals surface area contributed by atoms with Crippen molar-refractivity contribution >= 4 is 45.5 Å². The van der Waals surface area contributed by atoms with E-state index in [-0.39, 0.29) is 34.7 Å². The SMILES string of the molecule is CN=C(NCCOc1ccc(S(C)(=O)=O)cc1)N1CCN(c2ccc(F)cc2)CC1.I. The van der Waals surface area contributed by atoms with Crippen molar-refractivity contribution in [1.29, 1.82) is 0 Å². The quantitative estimate of drug-likeness (QED) is 0.253. The monoisotopic (exact) mass is 562 g/mol. The fraction of sp³-hybridized carbons (Fsp3) is 0.381. The van der Waals surface area contributed by atoms with Gasteiger partial charge in [0.25, 0.3) is 0 Å². The topological polar surface area (TPSA) is 74.2 Å². The molecule has 0 atom stereocenters. The maximum absolute atomic E-state index is 13.1. The molecule has 170 valence electrons. The van der Waals surface area contributed by atoms with Crippen molar-refractivity contribution in [2.75, 3.05) is 57.5 Å². The van der Waals surface area contributed by atoms with Crippen LogP contribution in [-0.2, 0) is 9.84 Å². The van der Waals surface area contributed by atoms with E-state index in [4.69, 9.17) is 4.74 Å². The third kappa shape index (κ3) is 7.23. The van der Waals surface area contributed by atoms with Crippen LogP contribution in [0.3, 0.4) is 0 Å². The standard InChI is InChI=1S/C21H27FN4O3S.HI/c1-23-21(24-11-16-29-19-7-9-20(10-8-19)30(2,27)28)26-14-12-25(13-15-26)18-5-3-17(22)4-6-18;/h3-10H,11-16H2,1-2H3,(H,23,24);1H. The molecule has 1 aliphatic rings. The highest BCUT2D eigenvalue weighted by atomic mass is 127. The van der Waals surface area contributed by atoms with Crippen LogP contribution in [0.5, 0.6) is 5.75 Å². The van der Waals surface area contributed by atoms with Gasteiger partial charge in [0.15, 0.2) is 15.8 Å². The van der Waals surface area contributed by atoms with Crippen LogP contribution >= 0.6 is 24.0 Å². The summed E-state index contributed by atoms with van der Waals surface area (Å²) in [5.41, 5.74) is 1.02. The molecule has 0 saturated carbocycles. The number of rotatable bonds is 6. The number of nitrogens with one attached hydrogen (secondary N) is 1. The van der Waals surface area contributed by atoms with Crippen LogP contribution in [0.4, 0.5) is 10.1 Å². The van der Waals surface area contributed by atoms with Gasteiger partial charge in [-0.1, -0.05) is 0 Å². The Morgan fingerprint density at radius 2 is 1.68 bits per heavy atom. The zero-order valence-electron chi connectivity index (χ0n) is 17.6. The van der Waals surface area contributed by atoms with Crippen LogP contribution in [0.15, 0.2) is 58.4 Å². The number of ether oxygens (including phenoxy) is 1. The Balaban J connectivity index is 0.00000341. The second-order valence-corrected chi connectivity index (χ2v) is 9.03. The average molecular weight is 562 g/mol. The smallest absolute Gasteiger partial charge is 0.193 e. The lowest BCUT2D eigenvalue weighted by molar-refractivity contribution is 0.315. The molecule has 7 nitrogen and oxygen atoms in total. The molecular weight excluding hydrogens is 534 g/mol. The molecule has 0 aromatic heterocycles. The normalized spacial score (nSPS) is 14.7. The van der Waals surface area contributed by atoms with Crippen LogP contribution in [0, 0.1) is 5.82 Å². The van der Waals surface area contributed by atoms with Gasteiger partial charge in [0.1, 0.15) is 18.2 Å². The molecule has 0 aliphatic carbocycles. The van der Waals surface area contributed by atoms with Gasteiger partial charge in [-0.25, -0.2) is 12.8 Å². The second kappa shape index (κ2) is 11.5. The van der Waals surface area contributed by atoms with Crippen LogP contribution in [-0.4, -0.2) is 71.9 Å². The molecule has 2 aromatic carbocycles. The Bertz CT molecular complexity index is 961. The molecule has 3 rings (SSSR count). The van der Waals surface area contributed by atoms with Gasteiger partial charge in [0.05, 0.1) is 11.4 Å². The molecule has 1 heterocycles.